The monoisotopic (exact) mass is 407 g/mol. The van der Waals surface area contributed by atoms with Crippen molar-refractivity contribution < 1.29 is 14.6 Å². The first kappa shape index (κ1) is 21.1. The van der Waals surface area contributed by atoms with Crippen LogP contribution in [-0.2, 0) is 6.54 Å². The van der Waals surface area contributed by atoms with Crippen molar-refractivity contribution in [3.8, 4) is 11.5 Å². The molecule has 1 aromatic heterocycles. The summed E-state index contributed by atoms with van der Waals surface area (Å²) in [6.07, 6.45) is 4.24. The molecule has 2 N–H and O–H groups in total. The zero-order chi connectivity index (χ0) is 21.5. The van der Waals surface area contributed by atoms with Gasteiger partial charge >= 0.3 is 0 Å². The highest BCUT2D eigenvalue weighted by atomic mass is 16.5. The molecule has 156 valence electrons. The van der Waals surface area contributed by atoms with Crippen molar-refractivity contribution in [2.75, 3.05) is 7.11 Å². The summed E-state index contributed by atoms with van der Waals surface area (Å²) in [6, 6.07) is 14.1. The minimum Gasteiger partial charge on any atom is -0.506 e. The van der Waals surface area contributed by atoms with Crippen LogP contribution in [0.1, 0.15) is 42.1 Å². The second-order valence-electron chi connectivity index (χ2n) is 6.88. The first-order valence-electron chi connectivity index (χ1n) is 9.88. The first-order chi connectivity index (χ1) is 14.6. The molecule has 0 aliphatic rings. The van der Waals surface area contributed by atoms with Gasteiger partial charge in [-0.05, 0) is 48.4 Å². The van der Waals surface area contributed by atoms with Crippen LogP contribution in [0.5, 0.6) is 11.5 Å². The Labute approximate surface area is 174 Å². The van der Waals surface area contributed by atoms with Gasteiger partial charge in [0.2, 0.25) is 0 Å². The van der Waals surface area contributed by atoms with Crippen molar-refractivity contribution in [3.63, 3.8) is 0 Å². The number of nitrogens with one attached hydrogen (secondary N) is 1. The van der Waals surface area contributed by atoms with Crippen LogP contribution in [0, 0.1) is 0 Å². The van der Waals surface area contributed by atoms with Crippen LogP contribution >= 0.6 is 0 Å². The van der Waals surface area contributed by atoms with E-state index in [9.17, 15) is 14.7 Å². The smallest absolute Gasteiger partial charge is 0.280 e. The maximum Gasteiger partial charge on any atom is 0.280 e. The number of para-hydroxylation sites is 1. The van der Waals surface area contributed by atoms with Crippen molar-refractivity contribution in [2.24, 2.45) is 5.10 Å². The van der Waals surface area contributed by atoms with E-state index in [-0.39, 0.29) is 11.3 Å². The lowest BCUT2D eigenvalue weighted by atomic mass is 10.1. The fourth-order valence-corrected chi connectivity index (χ4v) is 3.25. The van der Waals surface area contributed by atoms with Crippen LogP contribution < -0.4 is 15.7 Å². The molecule has 1 amide bonds. The Balaban J connectivity index is 1.90. The third-order valence-corrected chi connectivity index (χ3v) is 4.85. The predicted octanol–water partition coefficient (Wildman–Crippen LogP) is 3.67. The molecule has 0 spiro atoms. The van der Waals surface area contributed by atoms with E-state index in [1.807, 2.05) is 0 Å². The van der Waals surface area contributed by atoms with Crippen LogP contribution in [-0.4, -0.2) is 28.9 Å². The summed E-state index contributed by atoms with van der Waals surface area (Å²) in [4.78, 5) is 25.7. The topological polar surface area (TPSA) is 92.9 Å². The number of pyridine rings is 1. The molecule has 0 fully saturated rings. The highest BCUT2D eigenvalue weighted by Gasteiger charge is 2.21. The first-order valence-corrected chi connectivity index (χ1v) is 9.88. The number of hydrogen-bond acceptors (Lipinski definition) is 5. The third kappa shape index (κ3) is 4.51. The molecule has 0 aliphatic carbocycles. The largest absolute Gasteiger partial charge is 0.506 e. The number of unbranched alkanes of at least 4 members (excludes halogenated alkanes) is 2. The summed E-state index contributed by atoms with van der Waals surface area (Å²) in [6.45, 7) is 2.56. The number of aryl methyl sites for hydroxylation is 1. The standard InChI is InChI=1S/C23H25N3O4/c1-3-4-7-14-26-19-9-6-5-8-18(19)21(27)20(23(26)29)22(28)25-24-15-16-10-12-17(30-2)13-11-16/h5-6,8-13,15,27H,3-4,7,14H2,1-2H3,(H,25,28)/b24-15+. The quantitative estimate of drug-likeness (QED) is 0.338. The van der Waals surface area contributed by atoms with Gasteiger partial charge in [-0.25, -0.2) is 5.43 Å². The van der Waals surface area contributed by atoms with Crippen molar-refractivity contribution >= 4 is 23.0 Å². The number of fused-ring (bicyclic) bond motifs is 1. The van der Waals surface area contributed by atoms with Crippen LogP contribution in [0.3, 0.4) is 0 Å². The number of ether oxygens (including phenoxy) is 1. The van der Waals surface area contributed by atoms with Gasteiger partial charge in [-0.1, -0.05) is 31.9 Å². The summed E-state index contributed by atoms with van der Waals surface area (Å²) >= 11 is 0. The van der Waals surface area contributed by atoms with Gasteiger partial charge < -0.3 is 14.4 Å². The second-order valence-corrected chi connectivity index (χ2v) is 6.88. The van der Waals surface area contributed by atoms with Crippen molar-refractivity contribution in [3.05, 3.63) is 70.0 Å². The number of rotatable bonds is 8. The van der Waals surface area contributed by atoms with E-state index in [2.05, 4.69) is 17.5 Å². The van der Waals surface area contributed by atoms with Crippen LogP contribution in [0.15, 0.2) is 58.4 Å². The minimum absolute atomic E-state index is 0.308. The van der Waals surface area contributed by atoms with Gasteiger partial charge in [0.15, 0.2) is 0 Å². The van der Waals surface area contributed by atoms with E-state index in [1.165, 1.54) is 6.21 Å². The van der Waals surface area contributed by atoms with Gasteiger partial charge in [-0.2, -0.15) is 5.10 Å². The average molecular weight is 407 g/mol. The number of nitrogens with zero attached hydrogens (tertiary/aromatic N) is 2. The number of hydrazone groups is 1. The Bertz CT molecular complexity index is 1120. The Morgan fingerprint density at radius 3 is 2.60 bits per heavy atom. The minimum atomic E-state index is -0.753. The van der Waals surface area contributed by atoms with Gasteiger partial charge in [0.1, 0.15) is 17.1 Å². The molecule has 0 aliphatic heterocycles. The molecular weight excluding hydrogens is 382 g/mol. The molecule has 3 rings (SSSR count). The lowest BCUT2D eigenvalue weighted by Gasteiger charge is -2.14. The SMILES string of the molecule is CCCCCn1c(=O)c(C(=O)N/N=C/c2ccc(OC)cc2)c(O)c2ccccc21. The molecule has 0 unspecified atom stereocenters. The lowest BCUT2D eigenvalue weighted by molar-refractivity contribution is 0.0950. The Morgan fingerprint density at radius 1 is 1.17 bits per heavy atom. The fraction of sp³-hybridized carbons (Fsp3) is 0.261. The summed E-state index contributed by atoms with van der Waals surface area (Å²) in [7, 11) is 1.58. The molecule has 0 saturated heterocycles. The van der Waals surface area contributed by atoms with Crippen molar-refractivity contribution in [1.29, 1.82) is 0 Å². The molecule has 30 heavy (non-hydrogen) atoms. The van der Waals surface area contributed by atoms with Gasteiger partial charge in [0.25, 0.3) is 11.5 Å². The average Bonchev–Trinajstić information content (AvgIpc) is 2.76. The van der Waals surface area contributed by atoms with Crippen LogP contribution in [0.25, 0.3) is 10.9 Å². The molecule has 7 nitrogen and oxygen atoms in total. The van der Waals surface area contributed by atoms with Gasteiger partial charge in [0.05, 0.1) is 18.8 Å². The van der Waals surface area contributed by atoms with E-state index in [4.69, 9.17) is 4.74 Å². The van der Waals surface area contributed by atoms with E-state index in [1.54, 1.807) is 60.2 Å². The Morgan fingerprint density at radius 2 is 1.90 bits per heavy atom. The summed E-state index contributed by atoms with van der Waals surface area (Å²) in [5.41, 5.74) is 2.86. The third-order valence-electron chi connectivity index (χ3n) is 4.85. The van der Waals surface area contributed by atoms with Gasteiger partial charge in [-0.15, -0.1) is 0 Å². The molecule has 0 saturated carbocycles. The Hall–Kier alpha value is -3.61. The lowest BCUT2D eigenvalue weighted by Crippen LogP contribution is -2.31. The molecule has 0 radical (unpaired) electrons. The predicted molar refractivity (Wildman–Crippen MR) is 117 cm³/mol. The fourth-order valence-electron chi connectivity index (χ4n) is 3.25. The molecular formula is C23H25N3O4. The molecule has 0 atom stereocenters. The summed E-state index contributed by atoms with van der Waals surface area (Å²) in [5.74, 6) is -0.377. The number of aromatic hydroxyl groups is 1. The van der Waals surface area contributed by atoms with E-state index < -0.39 is 11.5 Å². The van der Waals surface area contributed by atoms with Crippen LogP contribution in [0.2, 0.25) is 0 Å². The Kier molecular flexibility index (Phi) is 6.85. The van der Waals surface area contributed by atoms with E-state index >= 15 is 0 Å². The number of carbonyl (C=O) groups excluding carboxylic acids is 1. The van der Waals surface area contributed by atoms with E-state index in [0.29, 0.717) is 23.2 Å². The van der Waals surface area contributed by atoms with Gasteiger partial charge in [0, 0.05) is 11.9 Å². The zero-order valence-corrected chi connectivity index (χ0v) is 17.1. The highest BCUT2D eigenvalue weighted by molar-refractivity contribution is 6.02. The van der Waals surface area contributed by atoms with E-state index in [0.717, 1.165) is 24.8 Å². The highest BCUT2D eigenvalue weighted by Crippen LogP contribution is 2.26. The maximum absolute atomic E-state index is 13.0. The molecule has 1 heterocycles. The van der Waals surface area contributed by atoms with Crippen molar-refractivity contribution in [1.82, 2.24) is 9.99 Å². The molecule has 0 bridgehead atoms. The summed E-state index contributed by atoms with van der Waals surface area (Å²) in [5, 5.41) is 15.0. The van der Waals surface area contributed by atoms with Crippen molar-refractivity contribution in [2.45, 2.75) is 32.7 Å². The molecule has 7 heteroatoms. The normalized spacial score (nSPS) is 11.1. The number of methoxy groups -OCH3 is 1. The second kappa shape index (κ2) is 9.73. The van der Waals surface area contributed by atoms with Gasteiger partial charge in [-0.3, -0.25) is 9.59 Å². The maximum atomic E-state index is 13.0. The number of aromatic nitrogens is 1. The summed E-state index contributed by atoms with van der Waals surface area (Å²) < 4.78 is 6.65. The number of amides is 1. The number of carbonyl (C=O) groups is 1. The zero-order valence-electron chi connectivity index (χ0n) is 17.1. The van der Waals surface area contributed by atoms with Crippen LogP contribution in [0.4, 0.5) is 0 Å². The number of benzene rings is 2. The molecule has 2 aromatic carbocycles. The number of hydrogen-bond donors (Lipinski definition) is 2. The molecule has 3 aromatic rings.